The minimum atomic E-state index is -0.873. The molecule has 3 heteroatoms. The second-order valence-electron chi connectivity index (χ2n) is 3.85. The topological polar surface area (TPSA) is 57.5 Å². The second kappa shape index (κ2) is 4.94. The van der Waals surface area contributed by atoms with E-state index in [1.807, 2.05) is 31.2 Å². The number of carboxylic acid groups (broad SMARTS) is 1. The van der Waals surface area contributed by atoms with Gasteiger partial charge < -0.3 is 10.2 Å². The van der Waals surface area contributed by atoms with E-state index in [-0.39, 0.29) is 6.42 Å². The minimum absolute atomic E-state index is 0.250. The van der Waals surface area contributed by atoms with Crippen LogP contribution in [-0.2, 0) is 4.79 Å². The van der Waals surface area contributed by atoms with E-state index in [0.717, 1.165) is 11.1 Å². The molecule has 2 unspecified atom stereocenters. The average molecular weight is 208 g/mol. The van der Waals surface area contributed by atoms with Crippen molar-refractivity contribution in [3.8, 4) is 0 Å². The van der Waals surface area contributed by atoms with Crippen molar-refractivity contribution in [3.05, 3.63) is 35.4 Å². The van der Waals surface area contributed by atoms with Gasteiger partial charge in [-0.1, -0.05) is 31.2 Å². The van der Waals surface area contributed by atoms with Gasteiger partial charge in [-0.15, -0.1) is 0 Å². The third-order valence-corrected chi connectivity index (χ3v) is 2.55. The Kier molecular flexibility index (Phi) is 3.86. The van der Waals surface area contributed by atoms with Gasteiger partial charge in [0, 0.05) is 0 Å². The first kappa shape index (κ1) is 11.7. The summed E-state index contributed by atoms with van der Waals surface area (Å²) in [6.45, 7) is 3.51. The van der Waals surface area contributed by atoms with Gasteiger partial charge in [-0.2, -0.15) is 0 Å². The Hall–Kier alpha value is -1.35. The molecule has 82 valence electrons. The van der Waals surface area contributed by atoms with E-state index in [1.54, 1.807) is 6.92 Å². The van der Waals surface area contributed by atoms with Crippen LogP contribution in [0, 0.1) is 12.8 Å². The first-order chi connectivity index (χ1) is 7.02. The summed E-state index contributed by atoms with van der Waals surface area (Å²) in [5, 5.41) is 18.6. The highest BCUT2D eigenvalue weighted by molar-refractivity contribution is 5.69. The third-order valence-electron chi connectivity index (χ3n) is 2.55. The standard InChI is InChI=1S/C12H16O3/c1-8-5-3-4-6-10(8)11(13)7-9(2)12(14)15/h3-6,9,11,13H,7H2,1-2H3,(H,14,15). The summed E-state index contributed by atoms with van der Waals surface area (Å²) in [5.41, 5.74) is 1.80. The number of carboxylic acids is 1. The number of benzene rings is 1. The lowest BCUT2D eigenvalue weighted by molar-refractivity contribution is -0.142. The highest BCUT2D eigenvalue weighted by Crippen LogP contribution is 2.23. The smallest absolute Gasteiger partial charge is 0.306 e. The molecule has 0 aliphatic carbocycles. The van der Waals surface area contributed by atoms with Crippen molar-refractivity contribution < 1.29 is 15.0 Å². The predicted molar refractivity (Wildman–Crippen MR) is 57.6 cm³/mol. The van der Waals surface area contributed by atoms with E-state index in [9.17, 15) is 9.90 Å². The van der Waals surface area contributed by atoms with Crippen LogP contribution in [-0.4, -0.2) is 16.2 Å². The van der Waals surface area contributed by atoms with Crippen molar-refractivity contribution in [3.63, 3.8) is 0 Å². The normalized spacial score (nSPS) is 14.6. The Balaban J connectivity index is 2.73. The molecule has 0 bridgehead atoms. The van der Waals surface area contributed by atoms with E-state index in [2.05, 4.69) is 0 Å². The van der Waals surface area contributed by atoms with Crippen LogP contribution in [0.1, 0.15) is 30.6 Å². The number of aryl methyl sites for hydroxylation is 1. The van der Waals surface area contributed by atoms with Crippen molar-refractivity contribution in [2.24, 2.45) is 5.92 Å². The summed E-state index contributed by atoms with van der Waals surface area (Å²) in [4.78, 5) is 10.6. The largest absolute Gasteiger partial charge is 0.481 e. The number of aliphatic carboxylic acids is 1. The summed E-state index contributed by atoms with van der Waals surface area (Å²) < 4.78 is 0. The highest BCUT2D eigenvalue weighted by Gasteiger charge is 2.18. The zero-order valence-electron chi connectivity index (χ0n) is 8.97. The monoisotopic (exact) mass is 208 g/mol. The van der Waals surface area contributed by atoms with E-state index in [0.29, 0.717) is 0 Å². The predicted octanol–water partition coefficient (Wildman–Crippen LogP) is 2.14. The molecule has 0 spiro atoms. The van der Waals surface area contributed by atoms with Gasteiger partial charge in [-0.25, -0.2) is 0 Å². The number of hydrogen-bond donors (Lipinski definition) is 2. The van der Waals surface area contributed by atoms with Crippen LogP contribution in [0.3, 0.4) is 0 Å². The van der Waals surface area contributed by atoms with Crippen molar-refractivity contribution in [2.75, 3.05) is 0 Å². The molecule has 15 heavy (non-hydrogen) atoms. The maximum Gasteiger partial charge on any atom is 0.306 e. The van der Waals surface area contributed by atoms with E-state index < -0.39 is 18.0 Å². The Morgan fingerprint density at radius 2 is 2.00 bits per heavy atom. The zero-order valence-corrected chi connectivity index (χ0v) is 8.97. The van der Waals surface area contributed by atoms with Crippen molar-refractivity contribution in [1.29, 1.82) is 0 Å². The van der Waals surface area contributed by atoms with Crippen LogP contribution in [0.15, 0.2) is 24.3 Å². The van der Waals surface area contributed by atoms with Crippen molar-refractivity contribution >= 4 is 5.97 Å². The van der Waals surface area contributed by atoms with E-state index in [1.165, 1.54) is 0 Å². The number of aliphatic hydroxyl groups excluding tert-OH is 1. The van der Waals surface area contributed by atoms with Crippen LogP contribution in [0.2, 0.25) is 0 Å². The molecule has 1 aromatic carbocycles. The van der Waals surface area contributed by atoms with Crippen molar-refractivity contribution in [2.45, 2.75) is 26.4 Å². The number of aliphatic hydroxyl groups is 1. The fourth-order valence-electron chi connectivity index (χ4n) is 1.52. The van der Waals surface area contributed by atoms with Gasteiger partial charge in [0.2, 0.25) is 0 Å². The molecule has 0 amide bonds. The van der Waals surface area contributed by atoms with Crippen molar-refractivity contribution in [1.82, 2.24) is 0 Å². The van der Waals surface area contributed by atoms with Gasteiger partial charge in [0.15, 0.2) is 0 Å². The maximum absolute atomic E-state index is 10.6. The molecule has 0 radical (unpaired) electrons. The van der Waals surface area contributed by atoms with Crippen LogP contribution in [0.4, 0.5) is 0 Å². The molecular formula is C12H16O3. The summed E-state index contributed by atoms with van der Waals surface area (Å²) in [6.07, 6.45) is -0.447. The highest BCUT2D eigenvalue weighted by atomic mass is 16.4. The van der Waals surface area contributed by atoms with Gasteiger partial charge in [0.25, 0.3) is 0 Å². The Labute approximate surface area is 89.4 Å². The van der Waals surface area contributed by atoms with Gasteiger partial charge in [-0.05, 0) is 24.5 Å². The molecular weight excluding hydrogens is 192 g/mol. The SMILES string of the molecule is Cc1ccccc1C(O)CC(C)C(=O)O. The molecule has 0 aliphatic heterocycles. The van der Waals surface area contributed by atoms with Gasteiger partial charge in [-0.3, -0.25) is 4.79 Å². The van der Waals surface area contributed by atoms with Crippen LogP contribution in [0.25, 0.3) is 0 Å². The maximum atomic E-state index is 10.6. The molecule has 0 heterocycles. The first-order valence-corrected chi connectivity index (χ1v) is 4.98. The van der Waals surface area contributed by atoms with Crippen LogP contribution >= 0.6 is 0 Å². The molecule has 0 aliphatic rings. The lowest BCUT2D eigenvalue weighted by atomic mass is 9.95. The number of carbonyl (C=O) groups is 1. The summed E-state index contributed by atoms with van der Waals surface area (Å²) >= 11 is 0. The molecule has 1 rings (SSSR count). The number of rotatable bonds is 4. The zero-order chi connectivity index (χ0) is 11.4. The Morgan fingerprint density at radius 3 is 2.53 bits per heavy atom. The fourth-order valence-corrected chi connectivity index (χ4v) is 1.52. The van der Waals surface area contributed by atoms with Crippen LogP contribution < -0.4 is 0 Å². The molecule has 3 nitrogen and oxygen atoms in total. The fraction of sp³-hybridized carbons (Fsp3) is 0.417. The molecule has 1 aromatic rings. The molecule has 0 saturated heterocycles. The average Bonchev–Trinajstić information content (AvgIpc) is 2.18. The summed E-state index contributed by atoms with van der Waals surface area (Å²) in [5.74, 6) is -1.40. The lowest BCUT2D eigenvalue weighted by Gasteiger charge is -2.15. The van der Waals surface area contributed by atoms with Gasteiger partial charge in [0.05, 0.1) is 12.0 Å². The molecule has 0 fully saturated rings. The Morgan fingerprint density at radius 1 is 1.40 bits per heavy atom. The first-order valence-electron chi connectivity index (χ1n) is 4.98. The molecule has 0 saturated carbocycles. The van der Waals surface area contributed by atoms with E-state index >= 15 is 0 Å². The number of hydrogen-bond acceptors (Lipinski definition) is 2. The summed E-state index contributed by atoms with van der Waals surface area (Å²) in [7, 11) is 0. The van der Waals surface area contributed by atoms with Gasteiger partial charge in [0.1, 0.15) is 0 Å². The second-order valence-corrected chi connectivity index (χ2v) is 3.85. The minimum Gasteiger partial charge on any atom is -0.481 e. The molecule has 0 aromatic heterocycles. The van der Waals surface area contributed by atoms with E-state index in [4.69, 9.17) is 5.11 Å². The van der Waals surface area contributed by atoms with Gasteiger partial charge >= 0.3 is 5.97 Å². The Bertz CT molecular complexity index is 346. The molecule has 2 N–H and O–H groups in total. The summed E-state index contributed by atoms with van der Waals surface area (Å²) in [6, 6.07) is 7.47. The third kappa shape index (κ3) is 3.06. The lowest BCUT2D eigenvalue weighted by Crippen LogP contribution is -2.14. The quantitative estimate of drug-likeness (QED) is 0.797. The van der Waals surface area contributed by atoms with Crippen LogP contribution in [0.5, 0.6) is 0 Å². The molecule has 2 atom stereocenters.